The summed E-state index contributed by atoms with van der Waals surface area (Å²) in [5.41, 5.74) is 2.97. The van der Waals surface area contributed by atoms with E-state index in [0.717, 1.165) is 9.37 Å². The second kappa shape index (κ2) is 9.57. The van der Waals surface area contributed by atoms with E-state index in [1.54, 1.807) is 36.4 Å². The summed E-state index contributed by atoms with van der Waals surface area (Å²) in [4.78, 5) is 13.3. The number of amides is 1. The lowest BCUT2D eigenvalue weighted by Crippen LogP contribution is -3.15. The second-order valence-electron chi connectivity index (χ2n) is 6.63. The van der Waals surface area contributed by atoms with Crippen LogP contribution in [-0.4, -0.2) is 57.6 Å². The van der Waals surface area contributed by atoms with Gasteiger partial charge in [0.1, 0.15) is 5.82 Å². The number of benzene rings is 2. The lowest BCUT2D eigenvalue weighted by molar-refractivity contribution is -0.895. The summed E-state index contributed by atoms with van der Waals surface area (Å²) in [6.45, 7) is 1.92. The predicted octanol–water partition coefficient (Wildman–Crippen LogP) is 0.628. The number of carbonyl (C=O) groups excluding carboxylic acids is 1. The van der Waals surface area contributed by atoms with Crippen molar-refractivity contribution in [1.82, 2.24) is 9.73 Å². The van der Waals surface area contributed by atoms with Crippen molar-refractivity contribution >= 4 is 38.1 Å². The molecule has 2 aromatic carbocycles. The fourth-order valence-corrected chi connectivity index (χ4v) is 4.71. The number of hydrogen-bond acceptors (Lipinski definition) is 4. The maximum atomic E-state index is 13.1. The van der Waals surface area contributed by atoms with Crippen LogP contribution in [-0.2, 0) is 14.8 Å². The summed E-state index contributed by atoms with van der Waals surface area (Å²) in [7, 11) is -3.53. The highest BCUT2D eigenvalue weighted by molar-refractivity contribution is 9.10. The maximum absolute atomic E-state index is 13.1. The molecule has 0 atom stereocenters. The number of rotatable bonds is 6. The van der Waals surface area contributed by atoms with Crippen molar-refractivity contribution in [3.8, 4) is 0 Å². The molecule has 1 heterocycles. The van der Waals surface area contributed by atoms with Gasteiger partial charge < -0.3 is 4.90 Å². The van der Waals surface area contributed by atoms with Gasteiger partial charge in [0.2, 0.25) is 10.0 Å². The van der Waals surface area contributed by atoms with Gasteiger partial charge in [0.25, 0.3) is 5.91 Å². The molecule has 0 unspecified atom stereocenters. The molecule has 7 nitrogen and oxygen atoms in total. The Hall–Kier alpha value is -2.14. The molecule has 1 saturated heterocycles. The number of carbonyl (C=O) groups is 1. The number of sulfonamides is 1. The number of halogens is 2. The van der Waals surface area contributed by atoms with Gasteiger partial charge in [0.05, 0.1) is 37.3 Å². The third-order valence-corrected chi connectivity index (χ3v) is 6.98. The molecule has 29 heavy (non-hydrogen) atoms. The first-order valence-electron chi connectivity index (χ1n) is 9.01. The van der Waals surface area contributed by atoms with E-state index in [-0.39, 0.29) is 23.2 Å². The molecule has 1 fully saturated rings. The summed E-state index contributed by atoms with van der Waals surface area (Å²) >= 11 is 3.30. The van der Waals surface area contributed by atoms with Crippen molar-refractivity contribution in [1.29, 1.82) is 0 Å². The Morgan fingerprint density at radius 3 is 2.55 bits per heavy atom. The molecular formula is C19H21BrFN4O3S+. The number of nitrogens with one attached hydrogen (secondary N) is 2. The zero-order chi connectivity index (χ0) is 20.9. The van der Waals surface area contributed by atoms with E-state index in [1.165, 1.54) is 22.7 Å². The highest BCUT2D eigenvalue weighted by atomic mass is 79.9. The van der Waals surface area contributed by atoms with Crippen molar-refractivity contribution in [3.63, 3.8) is 0 Å². The van der Waals surface area contributed by atoms with Crippen LogP contribution in [0.2, 0.25) is 0 Å². The molecular weight excluding hydrogens is 463 g/mol. The fraction of sp³-hybridized carbons (Fsp3) is 0.263. The van der Waals surface area contributed by atoms with Gasteiger partial charge in [-0.15, -0.1) is 0 Å². The normalized spacial score (nSPS) is 16.2. The average Bonchev–Trinajstić information content (AvgIpc) is 2.69. The highest BCUT2D eigenvalue weighted by Crippen LogP contribution is 2.18. The van der Waals surface area contributed by atoms with Crippen molar-refractivity contribution < 1.29 is 22.5 Å². The molecule has 1 aliphatic heterocycles. The number of quaternary nitrogens is 1. The molecule has 0 saturated carbocycles. The minimum atomic E-state index is -3.53. The van der Waals surface area contributed by atoms with E-state index in [4.69, 9.17) is 0 Å². The number of hydrazone groups is 1. The van der Waals surface area contributed by atoms with Crippen LogP contribution in [0, 0.1) is 5.82 Å². The molecule has 1 aliphatic rings. The van der Waals surface area contributed by atoms with Gasteiger partial charge in [-0.2, -0.15) is 9.41 Å². The molecule has 154 valence electrons. The van der Waals surface area contributed by atoms with E-state index in [1.807, 2.05) is 0 Å². The van der Waals surface area contributed by atoms with Crippen LogP contribution >= 0.6 is 15.9 Å². The van der Waals surface area contributed by atoms with Crippen LogP contribution in [0.5, 0.6) is 0 Å². The van der Waals surface area contributed by atoms with E-state index < -0.39 is 10.0 Å². The topological polar surface area (TPSA) is 83.3 Å². The van der Waals surface area contributed by atoms with Crippen LogP contribution < -0.4 is 10.3 Å². The zero-order valence-electron chi connectivity index (χ0n) is 15.5. The van der Waals surface area contributed by atoms with E-state index in [0.29, 0.717) is 31.7 Å². The molecule has 0 aliphatic carbocycles. The predicted molar refractivity (Wildman–Crippen MR) is 111 cm³/mol. The Morgan fingerprint density at radius 1 is 1.21 bits per heavy atom. The van der Waals surface area contributed by atoms with Crippen molar-refractivity contribution in [2.75, 3.05) is 32.7 Å². The first-order chi connectivity index (χ1) is 13.8. The van der Waals surface area contributed by atoms with Crippen LogP contribution in [0.4, 0.5) is 4.39 Å². The first kappa shape index (κ1) is 21.6. The standard InChI is InChI=1S/C19H20BrFN4O3S/c20-16-4-6-18(7-5-16)29(27,28)25-10-8-24(9-11-25)14-19(26)23-22-13-15-2-1-3-17(21)12-15/h1-7,12-13H,8-11,14H2,(H,23,26)/p+1. The summed E-state index contributed by atoms with van der Waals surface area (Å²) in [5.74, 6) is -0.655. The van der Waals surface area contributed by atoms with Gasteiger partial charge in [0, 0.05) is 4.47 Å². The number of nitrogens with zero attached hydrogens (tertiary/aromatic N) is 2. The summed E-state index contributed by atoms with van der Waals surface area (Å²) in [6.07, 6.45) is 1.37. The van der Waals surface area contributed by atoms with Gasteiger partial charge in [-0.25, -0.2) is 18.2 Å². The first-order valence-corrected chi connectivity index (χ1v) is 11.2. The third kappa shape index (κ3) is 5.92. The molecule has 2 N–H and O–H groups in total. The van der Waals surface area contributed by atoms with E-state index in [9.17, 15) is 17.6 Å². The van der Waals surface area contributed by atoms with Crippen LogP contribution in [0.25, 0.3) is 0 Å². The van der Waals surface area contributed by atoms with E-state index in [2.05, 4.69) is 26.5 Å². The molecule has 2 aromatic rings. The van der Waals surface area contributed by atoms with Crippen molar-refractivity contribution in [2.45, 2.75) is 4.90 Å². The quantitative estimate of drug-likeness (QED) is 0.466. The monoisotopic (exact) mass is 483 g/mol. The van der Waals surface area contributed by atoms with Gasteiger partial charge in [-0.3, -0.25) is 4.79 Å². The fourth-order valence-electron chi connectivity index (χ4n) is 3.01. The summed E-state index contributed by atoms with van der Waals surface area (Å²) < 4.78 is 40.8. The van der Waals surface area contributed by atoms with Crippen LogP contribution in [0.1, 0.15) is 5.56 Å². The van der Waals surface area contributed by atoms with Gasteiger partial charge >= 0.3 is 0 Å². The molecule has 0 bridgehead atoms. The smallest absolute Gasteiger partial charge is 0.295 e. The van der Waals surface area contributed by atoms with Crippen LogP contribution in [0.3, 0.4) is 0 Å². The molecule has 0 spiro atoms. The Morgan fingerprint density at radius 2 is 1.90 bits per heavy atom. The Labute approximate surface area is 177 Å². The number of hydrogen-bond donors (Lipinski definition) is 2. The lowest BCUT2D eigenvalue weighted by Gasteiger charge is -2.31. The van der Waals surface area contributed by atoms with Crippen molar-refractivity contribution in [3.05, 3.63) is 64.4 Å². The number of piperazine rings is 1. The zero-order valence-corrected chi connectivity index (χ0v) is 17.9. The Balaban J connectivity index is 1.48. The Kier molecular flexibility index (Phi) is 7.12. The lowest BCUT2D eigenvalue weighted by atomic mass is 10.2. The van der Waals surface area contributed by atoms with Gasteiger partial charge in [0.15, 0.2) is 6.54 Å². The van der Waals surface area contributed by atoms with Gasteiger partial charge in [-0.1, -0.05) is 28.1 Å². The van der Waals surface area contributed by atoms with E-state index >= 15 is 0 Å². The van der Waals surface area contributed by atoms with Gasteiger partial charge in [-0.05, 0) is 42.0 Å². The molecule has 0 aromatic heterocycles. The third-order valence-electron chi connectivity index (χ3n) is 4.54. The molecule has 10 heteroatoms. The minimum Gasteiger partial charge on any atom is -0.325 e. The molecule has 0 radical (unpaired) electrons. The molecule has 3 rings (SSSR count). The Bertz CT molecular complexity index is 991. The average molecular weight is 484 g/mol. The minimum absolute atomic E-state index is 0.187. The largest absolute Gasteiger partial charge is 0.325 e. The van der Waals surface area contributed by atoms with Crippen molar-refractivity contribution in [2.24, 2.45) is 5.10 Å². The van der Waals surface area contributed by atoms with Crippen LogP contribution in [0.15, 0.2) is 63.0 Å². The summed E-state index contributed by atoms with van der Waals surface area (Å²) in [5, 5.41) is 3.83. The maximum Gasteiger partial charge on any atom is 0.295 e. The highest BCUT2D eigenvalue weighted by Gasteiger charge is 2.31. The molecule has 1 amide bonds. The SMILES string of the molecule is O=C(C[NH+]1CCN(S(=O)(=O)c2ccc(Br)cc2)CC1)NN=Cc1cccc(F)c1. The second-order valence-corrected chi connectivity index (χ2v) is 9.49. The summed E-state index contributed by atoms with van der Waals surface area (Å²) in [6, 6.07) is 12.4.